The van der Waals surface area contributed by atoms with Crippen molar-refractivity contribution in [2.75, 3.05) is 13.2 Å². The molecule has 0 radical (unpaired) electrons. The number of carbonyl (C=O) groups is 1. The summed E-state index contributed by atoms with van der Waals surface area (Å²) >= 11 is 0. The second-order valence-corrected chi connectivity index (χ2v) is 6.57. The lowest BCUT2D eigenvalue weighted by molar-refractivity contribution is 0.0852. The molecule has 1 aromatic heterocycles. The first kappa shape index (κ1) is 16.6. The van der Waals surface area contributed by atoms with Gasteiger partial charge in [-0.05, 0) is 37.8 Å². The van der Waals surface area contributed by atoms with Crippen LogP contribution in [0.1, 0.15) is 54.4 Å². The summed E-state index contributed by atoms with van der Waals surface area (Å²) in [6.07, 6.45) is 2.16. The van der Waals surface area contributed by atoms with Crippen LogP contribution in [-0.2, 0) is 4.74 Å². The number of benzene rings is 1. The van der Waals surface area contributed by atoms with Gasteiger partial charge in [-0.2, -0.15) is 0 Å². The first-order chi connectivity index (χ1) is 11.6. The minimum Gasteiger partial charge on any atom is -0.376 e. The van der Waals surface area contributed by atoms with Crippen molar-refractivity contribution in [3.05, 3.63) is 41.2 Å². The monoisotopic (exact) mass is 328 g/mol. The molecular formula is C18H24N4O2. The highest BCUT2D eigenvalue weighted by Gasteiger charge is 2.24. The topological polar surface area (TPSA) is 69.0 Å². The van der Waals surface area contributed by atoms with Crippen molar-refractivity contribution in [2.24, 2.45) is 0 Å². The third-order valence-electron chi connectivity index (χ3n) is 4.26. The predicted molar refractivity (Wildman–Crippen MR) is 91.5 cm³/mol. The summed E-state index contributed by atoms with van der Waals surface area (Å²) in [4.78, 5) is 12.5. The third kappa shape index (κ3) is 3.48. The summed E-state index contributed by atoms with van der Waals surface area (Å²) in [5.41, 5.74) is 3.31. The first-order valence-corrected chi connectivity index (χ1v) is 8.48. The molecule has 1 aromatic carbocycles. The molecule has 0 unspecified atom stereocenters. The van der Waals surface area contributed by atoms with E-state index in [0.29, 0.717) is 12.2 Å². The van der Waals surface area contributed by atoms with Crippen molar-refractivity contribution >= 4 is 5.91 Å². The van der Waals surface area contributed by atoms with Crippen LogP contribution in [0.5, 0.6) is 0 Å². The van der Waals surface area contributed by atoms with Crippen LogP contribution in [0.15, 0.2) is 24.3 Å². The molecule has 0 saturated carbocycles. The van der Waals surface area contributed by atoms with Crippen molar-refractivity contribution in [3.63, 3.8) is 0 Å². The number of ether oxygens (including phenoxy) is 1. The molecule has 1 aliphatic heterocycles. The second kappa shape index (κ2) is 7.13. The van der Waals surface area contributed by atoms with Crippen molar-refractivity contribution in [2.45, 2.75) is 45.6 Å². The zero-order chi connectivity index (χ0) is 17.1. The molecule has 2 heterocycles. The van der Waals surface area contributed by atoms with E-state index < -0.39 is 0 Å². The van der Waals surface area contributed by atoms with Crippen LogP contribution in [0.25, 0.3) is 5.69 Å². The largest absolute Gasteiger partial charge is 0.376 e. The van der Waals surface area contributed by atoms with Gasteiger partial charge in [0.15, 0.2) is 5.69 Å². The molecule has 1 fully saturated rings. The molecular weight excluding hydrogens is 304 g/mol. The van der Waals surface area contributed by atoms with Gasteiger partial charge >= 0.3 is 0 Å². The Morgan fingerprint density at radius 3 is 2.75 bits per heavy atom. The molecule has 0 aliphatic carbocycles. The maximum absolute atomic E-state index is 12.5. The molecule has 1 N–H and O–H groups in total. The maximum atomic E-state index is 12.5. The highest BCUT2D eigenvalue weighted by Crippen LogP contribution is 2.22. The molecule has 0 spiro atoms. The zero-order valence-electron chi connectivity index (χ0n) is 14.5. The number of nitrogens with zero attached hydrogens (tertiary/aromatic N) is 3. The summed E-state index contributed by atoms with van der Waals surface area (Å²) in [5, 5.41) is 11.3. The summed E-state index contributed by atoms with van der Waals surface area (Å²) < 4.78 is 7.30. The maximum Gasteiger partial charge on any atom is 0.273 e. The van der Waals surface area contributed by atoms with Gasteiger partial charge in [0.1, 0.15) is 0 Å². The Morgan fingerprint density at radius 1 is 1.38 bits per heavy atom. The highest BCUT2D eigenvalue weighted by atomic mass is 16.5. The highest BCUT2D eigenvalue weighted by molar-refractivity contribution is 5.93. The number of rotatable bonds is 5. The molecule has 1 saturated heterocycles. The Labute approximate surface area is 142 Å². The molecule has 3 rings (SSSR count). The van der Waals surface area contributed by atoms with Crippen LogP contribution in [0.3, 0.4) is 0 Å². The smallest absolute Gasteiger partial charge is 0.273 e. The van der Waals surface area contributed by atoms with Crippen molar-refractivity contribution in [3.8, 4) is 5.69 Å². The van der Waals surface area contributed by atoms with Crippen molar-refractivity contribution in [1.29, 1.82) is 0 Å². The van der Waals surface area contributed by atoms with Gasteiger partial charge in [0, 0.05) is 13.2 Å². The average molecular weight is 328 g/mol. The predicted octanol–water partition coefficient (Wildman–Crippen LogP) is 2.61. The van der Waals surface area contributed by atoms with Crippen LogP contribution in [0, 0.1) is 6.92 Å². The number of aromatic nitrogens is 3. The van der Waals surface area contributed by atoms with Gasteiger partial charge in [-0.3, -0.25) is 4.79 Å². The lowest BCUT2D eigenvalue weighted by Crippen LogP contribution is -2.32. The number of aryl methyl sites for hydroxylation is 1. The van der Waals surface area contributed by atoms with E-state index in [1.54, 1.807) is 4.68 Å². The first-order valence-electron chi connectivity index (χ1n) is 8.48. The molecule has 0 bridgehead atoms. The van der Waals surface area contributed by atoms with E-state index in [4.69, 9.17) is 4.74 Å². The molecule has 6 heteroatoms. The van der Waals surface area contributed by atoms with E-state index in [1.807, 2.05) is 45.0 Å². The Balaban J connectivity index is 1.82. The van der Waals surface area contributed by atoms with Gasteiger partial charge in [-0.1, -0.05) is 36.8 Å². The minimum atomic E-state index is -0.187. The van der Waals surface area contributed by atoms with E-state index in [9.17, 15) is 4.79 Å². The summed E-state index contributed by atoms with van der Waals surface area (Å²) in [7, 11) is 0. The van der Waals surface area contributed by atoms with Gasteiger partial charge in [0.05, 0.1) is 17.5 Å². The van der Waals surface area contributed by atoms with Crippen LogP contribution >= 0.6 is 0 Å². The molecule has 6 nitrogen and oxygen atoms in total. The number of hydrogen-bond acceptors (Lipinski definition) is 4. The van der Waals surface area contributed by atoms with E-state index in [1.165, 1.54) is 5.56 Å². The third-order valence-corrected chi connectivity index (χ3v) is 4.26. The lowest BCUT2D eigenvalue weighted by atomic mass is 10.1. The quantitative estimate of drug-likeness (QED) is 0.916. The standard InChI is InChI=1S/C18H24N4O2/c1-12(2)17-16(18(23)19-11-15-5-4-10-24-15)20-21-22(17)14-8-6-13(3)7-9-14/h6-9,12,15H,4-5,10-11H2,1-3H3,(H,19,23)/t15-/m0/s1. The summed E-state index contributed by atoms with van der Waals surface area (Å²) in [5.74, 6) is -0.0580. The Morgan fingerprint density at radius 2 is 2.12 bits per heavy atom. The number of amides is 1. The van der Waals surface area contributed by atoms with Crippen LogP contribution < -0.4 is 5.32 Å². The van der Waals surface area contributed by atoms with Crippen LogP contribution in [0.4, 0.5) is 0 Å². The van der Waals surface area contributed by atoms with E-state index in [2.05, 4.69) is 15.6 Å². The molecule has 1 atom stereocenters. The van der Waals surface area contributed by atoms with Gasteiger partial charge < -0.3 is 10.1 Å². The van der Waals surface area contributed by atoms with Crippen molar-refractivity contribution < 1.29 is 9.53 Å². The van der Waals surface area contributed by atoms with E-state index >= 15 is 0 Å². The molecule has 24 heavy (non-hydrogen) atoms. The van der Waals surface area contributed by atoms with Crippen LogP contribution in [-0.4, -0.2) is 40.2 Å². The Hall–Kier alpha value is -2.21. The number of carbonyl (C=O) groups excluding carboxylic acids is 1. The molecule has 128 valence electrons. The molecule has 2 aromatic rings. The Kier molecular flexibility index (Phi) is 4.94. The van der Waals surface area contributed by atoms with Gasteiger partial charge in [0.25, 0.3) is 5.91 Å². The minimum absolute atomic E-state index is 0.114. The fourth-order valence-electron chi connectivity index (χ4n) is 2.94. The molecule has 1 amide bonds. The number of hydrogen-bond donors (Lipinski definition) is 1. The Bertz CT molecular complexity index is 700. The summed E-state index contributed by atoms with van der Waals surface area (Å²) in [6, 6.07) is 8.03. The zero-order valence-corrected chi connectivity index (χ0v) is 14.5. The van der Waals surface area contributed by atoms with Gasteiger partial charge in [0.2, 0.25) is 0 Å². The fourth-order valence-corrected chi connectivity index (χ4v) is 2.94. The van der Waals surface area contributed by atoms with Crippen LogP contribution in [0.2, 0.25) is 0 Å². The van der Waals surface area contributed by atoms with Gasteiger partial charge in [-0.15, -0.1) is 5.10 Å². The van der Waals surface area contributed by atoms with E-state index in [0.717, 1.165) is 30.8 Å². The van der Waals surface area contributed by atoms with E-state index in [-0.39, 0.29) is 17.9 Å². The number of nitrogens with one attached hydrogen (secondary N) is 1. The van der Waals surface area contributed by atoms with Gasteiger partial charge in [-0.25, -0.2) is 4.68 Å². The normalized spacial score (nSPS) is 17.4. The SMILES string of the molecule is Cc1ccc(-n2nnc(C(=O)NC[C@@H]3CCCO3)c2C(C)C)cc1. The fraction of sp³-hybridized carbons (Fsp3) is 0.500. The van der Waals surface area contributed by atoms with Crippen molar-refractivity contribution in [1.82, 2.24) is 20.3 Å². The summed E-state index contributed by atoms with van der Waals surface area (Å²) in [6.45, 7) is 7.42. The average Bonchev–Trinajstić information content (AvgIpc) is 3.22. The molecule has 1 aliphatic rings. The lowest BCUT2D eigenvalue weighted by Gasteiger charge is -2.13. The second-order valence-electron chi connectivity index (χ2n) is 6.57.